The fourth-order valence-corrected chi connectivity index (χ4v) is 3.81. The first-order valence-corrected chi connectivity index (χ1v) is 10.9. The number of nitrogens with zero attached hydrogens (tertiary/aromatic N) is 2. The summed E-state index contributed by atoms with van der Waals surface area (Å²) in [6, 6.07) is 14.1. The van der Waals surface area contributed by atoms with Crippen molar-refractivity contribution in [3.8, 4) is 11.1 Å². The highest BCUT2D eigenvalue weighted by molar-refractivity contribution is 5.73. The van der Waals surface area contributed by atoms with Crippen LogP contribution in [0.15, 0.2) is 60.6 Å². The van der Waals surface area contributed by atoms with Gasteiger partial charge in [-0.15, -0.1) is 0 Å². The molecule has 0 saturated heterocycles. The van der Waals surface area contributed by atoms with E-state index in [1.54, 1.807) is 4.68 Å². The number of nitrogens with one attached hydrogen (secondary N) is 2. The summed E-state index contributed by atoms with van der Waals surface area (Å²) in [5, 5.41) is 20.8. The Bertz CT molecular complexity index is 1070. The van der Waals surface area contributed by atoms with E-state index < -0.39 is 0 Å². The Morgan fingerprint density at radius 1 is 1.16 bits per heavy atom. The Hall–Kier alpha value is -3.29. The number of nitrogens with two attached hydrogens (primary N) is 2. The van der Waals surface area contributed by atoms with Crippen molar-refractivity contribution in [3.05, 3.63) is 77.2 Å². The maximum atomic E-state index is 9.55. The number of aromatic nitrogens is 2. The maximum Gasteiger partial charge on any atom is 0.0682 e. The zero-order chi connectivity index (χ0) is 23.1. The van der Waals surface area contributed by atoms with Gasteiger partial charge in [0, 0.05) is 35.8 Å². The molecule has 0 aliphatic carbocycles. The maximum absolute atomic E-state index is 9.55. The topological polar surface area (TPSA) is 114 Å². The normalized spacial score (nSPS) is 13.0. The lowest BCUT2D eigenvalue weighted by Crippen LogP contribution is -2.18. The molecule has 0 spiro atoms. The van der Waals surface area contributed by atoms with E-state index in [1.807, 2.05) is 63.7 Å². The minimum Gasteiger partial charge on any atom is -0.401 e. The van der Waals surface area contributed by atoms with E-state index in [0.717, 1.165) is 52.9 Å². The van der Waals surface area contributed by atoms with Crippen LogP contribution < -0.4 is 22.1 Å². The first-order valence-electron chi connectivity index (χ1n) is 10.9. The van der Waals surface area contributed by atoms with Gasteiger partial charge in [-0.25, -0.2) is 0 Å². The van der Waals surface area contributed by atoms with Gasteiger partial charge in [0.2, 0.25) is 0 Å². The van der Waals surface area contributed by atoms with Gasteiger partial charge in [-0.1, -0.05) is 24.3 Å². The standard InChI is InChI=1S/C25H34N6O/c1-17(26)25(27)22-10-9-19(20-14-29-31(3)15-20)13-23(22)24(8-5-11-28-2)30-21-7-4-6-18(12-21)16-32/h4,6-7,9-10,12-15,24,28,30,32H,5,8,11,16,26-27H2,1-3H3/b25-17-. The van der Waals surface area contributed by atoms with Gasteiger partial charge in [0.15, 0.2) is 0 Å². The molecule has 0 fully saturated rings. The molecule has 0 aliphatic rings. The van der Waals surface area contributed by atoms with Gasteiger partial charge in [0.25, 0.3) is 0 Å². The van der Waals surface area contributed by atoms with Crippen LogP contribution in [0.4, 0.5) is 5.69 Å². The van der Waals surface area contributed by atoms with Gasteiger partial charge in [0.05, 0.1) is 24.5 Å². The lowest BCUT2D eigenvalue weighted by Gasteiger charge is -2.25. The summed E-state index contributed by atoms with van der Waals surface area (Å²) in [6.07, 6.45) is 5.74. The SMILES string of the molecule is CNCCCC(Nc1cccc(CO)c1)c1cc(-c2cnn(C)c2)ccc1/C(N)=C(\C)N. The fourth-order valence-electron chi connectivity index (χ4n) is 3.81. The van der Waals surface area contributed by atoms with E-state index in [2.05, 4.69) is 27.9 Å². The lowest BCUT2D eigenvalue weighted by molar-refractivity contribution is 0.282. The quantitative estimate of drug-likeness (QED) is 0.313. The van der Waals surface area contributed by atoms with Gasteiger partial charge >= 0.3 is 0 Å². The summed E-state index contributed by atoms with van der Waals surface area (Å²) < 4.78 is 1.80. The largest absolute Gasteiger partial charge is 0.401 e. The van der Waals surface area contributed by atoms with Gasteiger partial charge in [0.1, 0.15) is 0 Å². The molecular weight excluding hydrogens is 400 g/mol. The number of benzene rings is 2. The molecular formula is C25H34N6O. The average molecular weight is 435 g/mol. The summed E-state index contributed by atoms with van der Waals surface area (Å²) in [5.41, 5.74) is 19.6. The third kappa shape index (κ3) is 5.69. The predicted octanol–water partition coefficient (Wildman–Crippen LogP) is 3.34. The average Bonchev–Trinajstić information content (AvgIpc) is 3.24. The molecule has 0 bridgehead atoms. The minimum atomic E-state index is 0.00168. The smallest absolute Gasteiger partial charge is 0.0682 e. The van der Waals surface area contributed by atoms with Crippen LogP contribution in [0, 0.1) is 0 Å². The molecule has 3 rings (SSSR count). The van der Waals surface area contributed by atoms with Crippen LogP contribution in [0.5, 0.6) is 0 Å². The fraction of sp³-hybridized carbons (Fsp3) is 0.320. The molecule has 7 heteroatoms. The molecule has 7 nitrogen and oxygen atoms in total. The second kappa shape index (κ2) is 10.8. The number of aliphatic hydroxyl groups is 1. The van der Waals surface area contributed by atoms with Crippen molar-refractivity contribution in [2.45, 2.75) is 32.4 Å². The van der Waals surface area contributed by atoms with Gasteiger partial charge in [-0.05, 0) is 68.2 Å². The van der Waals surface area contributed by atoms with Crippen LogP contribution in [0.3, 0.4) is 0 Å². The van der Waals surface area contributed by atoms with Gasteiger partial charge < -0.3 is 27.2 Å². The Morgan fingerprint density at radius 2 is 1.97 bits per heavy atom. The van der Waals surface area contributed by atoms with E-state index in [-0.39, 0.29) is 12.6 Å². The monoisotopic (exact) mass is 434 g/mol. The highest BCUT2D eigenvalue weighted by Gasteiger charge is 2.19. The third-order valence-corrected chi connectivity index (χ3v) is 5.55. The van der Waals surface area contributed by atoms with Crippen molar-refractivity contribution in [1.82, 2.24) is 15.1 Å². The van der Waals surface area contributed by atoms with Crippen molar-refractivity contribution in [1.29, 1.82) is 0 Å². The van der Waals surface area contributed by atoms with Crippen molar-refractivity contribution in [2.75, 3.05) is 18.9 Å². The molecule has 3 aromatic rings. The van der Waals surface area contributed by atoms with Crippen molar-refractivity contribution >= 4 is 11.4 Å². The van der Waals surface area contributed by atoms with Gasteiger partial charge in [-0.3, -0.25) is 4.68 Å². The Kier molecular flexibility index (Phi) is 7.92. The summed E-state index contributed by atoms with van der Waals surface area (Å²) in [7, 11) is 3.87. The van der Waals surface area contributed by atoms with Crippen molar-refractivity contribution in [3.63, 3.8) is 0 Å². The van der Waals surface area contributed by atoms with Crippen LogP contribution in [0.1, 0.15) is 42.5 Å². The van der Waals surface area contributed by atoms with Crippen LogP contribution in [-0.4, -0.2) is 28.5 Å². The highest BCUT2D eigenvalue weighted by Crippen LogP contribution is 2.33. The zero-order valence-corrected chi connectivity index (χ0v) is 19.1. The lowest BCUT2D eigenvalue weighted by atomic mass is 9.91. The molecule has 0 radical (unpaired) electrons. The molecule has 1 atom stereocenters. The molecule has 170 valence electrons. The summed E-state index contributed by atoms with van der Waals surface area (Å²) in [6.45, 7) is 2.74. The molecule has 1 unspecified atom stereocenters. The molecule has 0 saturated carbocycles. The van der Waals surface area contributed by atoms with Gasteiger partial charge in [-0.2, -0.15) is 5.10 Å². The second-order valence-electron chi connectivity index (χ2n) is 8.10. The van der Waals surface area contributed by atoms with Crippen LogP contribution in [0.25, 0.3) is 16.8 Å². The van der Waals surface area contributed by atoms with Crippen molar-refractivity contribution in [2.24, 2.45) is 18.5 Å². The highest BCUT2D eigenvalue weighted by atomic mass is 16.3. The van der Waals surface area contributed by atoms with E-state index in [4.69, 9.17) is 11.5 Å². The number of rotatable bonds is 10. The number of anilines is 1. The Labute approximate surface area is 190 Å². The number of hydrogen-bond donors (Lipinski definition) is 5. The predicted molar refractivity (Wildman–Crippen MR) is 132 cm³/mol. The molecule has 1 aromatic heterocycles. The van der Waals surface area contributed by atoms with E-state index in [1.165, 1.54) is 0 Å². The molecule has 2 aromatic carbocycles. The van der Waals surface area contributed by atoms with E-state index in [9.17, 15) is 5.11 Å². The Morgan fingerprint density at radius 3 is 2.62 bits per heavy atom. The molecule has 0 aliphatic heterocycles. The summed E-state index contributed by atoms with van der Waals surface area (Å²) in [5.74, 6) is 0. The minimum absolute atomic E-state index is 0.00168. The first-order chi connectivity index (χ1) is 15.4. The molecule has 7 N–H and O–H groups in total. The number of aryl methyl sites for hydroxylation is 1. The van der Waals surface area contributed by atoms with Crippen LogP contribution >= 0.6 is 0 Å². The van der Waals surface area contributed by atoms with Crippen LogP contribution in [0.2, 0.25) is 0 Å². The van der Waals surface area contributed by atoms with Crippen molar-refractivity contribution < 1.29 is 5.11 Å². The first kappa shape index (κ1) is 23.4. The molecule has 32 heavy (non-hydrogen) atoms. The third-order valence-electron chi connectivity index (χ3n) is 5.55. The number of allylic oxidation sites excluding steroid dienone is 1. The zero-order valence-electron chi connectivity index (χ0n) is 19.1. The summed E-state index contributed by atoms with van der Waals surface area (Å²) >= 11 is 0. The second-order valence-corrected chi connectivity index (χ2v) is 8.10. The molecule has 0 amide bonds. The number of hydrogen-bond acceptors (Lipinski definition) is 6. The van der Waals surface area contributed by atoms with E-state index in [0.29, 0.717) is 11.4 Å². The van der Waals surface area contributed by atoms with E-state index >= 15 is 0 Å². The summed E-state index contributed by atoms with van der Waals surface area (Å²) in [4.78, 5) is 0. The number of aliphatic hydroxyl groups excluding tert-OH is 1. The Balaban J connectivity index is 2.08. The van der Waals surface area contributed by atoms with Crippen LogP contribution in [-0.2, 0) is 13.7 Å². The molecule has 1 heterocycles.